The van der Waals surface area contributed by atoms with Crippen LogP contribution in [0.4, 0.5) is 0 Å². The van der Waals surface area contributed by atoms with E-state index in [1.54, 1.807) is 21.7 Å². The molecule has 5 nitrogen and oxygen atoms in total. The summed E-state index contributed by atoms with van der Waals surface area (Å²) in [5.74, 6) is -0.963. The number of carboxylic acids is 1. The Morgan fingerprint density at radius 2 is 2.15 bits per heavy atom. The molecule has 2 heterocycles. The number of carboxylic acid groups (broad SMARTS) is 1. The van der Waals surface area contributed by atoms with Crippen molar-refractivity contribution in [1.82, 2.24) is 9.47 Å². The second-order valence-corrected chi connectivity index (χ2v) is 5.68. The highest BCUT2D eigenvalue weighted by molar-refractivity contribution is 6.31. The summed E-state index contributed by atoms with van der Waals surface area (Å²) in [5.41, 5.74) is -0.280. The van der Waals surface area contributed by atoms with Crippen LogP contribution in [0.3, 0.4) is 0 Å². The number of aryl methyl sites for hydroxylation is 1. The number of nitrogens with zero attached hydrogens (tertiary/aromatic N) is 2. The summed E-state index contributed by atoms with van der Waals surface area (Å²) in [6, 6.07) is 1.64. The van der Waals surface area contributed by atoms with Crippen LogP contribution >= 0.6 is 11.6 Å². The summed E-state index contributed by atoms with van der Waals surface area (Å²) in [6.45, 7) is 5.19. The largest absolute Gasteiger partial charge is 0.481 e. The topological polar surface area (TPSA) is 62.5 Å². The van der Waals surface area contributed by atoms with E-state index < -0.39 is 11.4 Å². The molecule has 1 atom stereocenters. The lowest BCUT2D eigenvalue weighted by Gasteiger charge is -2.23. The number of hydrogen-bond acceptors (Lipinski definition) is 2. The molecule has 6 heteroatoms. The van der Waals surface area contributed by atoms with E-state index in [-0.39, 0.29) is 12.5 Å². The predicted molar refractivity (Wildman–Crippen MR) is 76.0 cm³/mol. The van der Waals surface area contributed by atoms with Gasteiger partial charge in [0.2, 0.25) is 0 Å². The average molecular weight is 299 g/mol. The van der Waals surface area contributed by atoms with Crippen LogP contribution in [0.25, 0.3) is 0 Å². The van der Waals surface area contributed by atoms with E-state index in [4.69, 9.17) is 11.6 Å². The normalized spacial score (nSPS) is 22.2. The van der Waals surface area contributed by atoms with Crippen molar-refractivity contribution in [1.29, 1.82) is 0 Å². The number of hydrogen-bond donors (Lipinski definition) is 1. The van der Waals surface area contributed by atoms with E-state index >= 15 is 0 Å². The molecule has 110 valence electrons. The van der Waals surface area contributed by atoms with Crippen molar-refractivity contribution in [3.63, 3.8) is 0 Å². The summed E-state index contributed by atoms with van der Waals surface area (Å²) in [4.78, 5) is 25.6. The van der Waals surface area contributed by atoms with Gasteiger partial charge in [0.1, 0.15) is 5.69 Å². The van der Waals surface area contributed by atoms with Gasteiger partial charge in [-0.3, -0.25) is 9.59 Å². The Kier molecular flexibility index (Phi) is 4.09. The number of halogens is 1. The van der Waals surface area contributed by atoms with Crippen molar-refractivity contribution >= 4 is 23.5 Å². The Labute approximate surface area is 123 Å². The van der Waals surface area contributed by atoms with Crippen LogP contribution < -0.4 is 0 Å². The molecule has 1 aliphatic rings. The minimum atomic E-state index is -0.820. The average Bonchev–Trinajstić information content (AvgIpc) is 3.02. The van der Waals surface area contributed by atoms with Gasteiger partial charge in [-0.2, -0.15) is 0 Å². The van der Waals surface area contributed by atoms with Crippen molar-refractivity contribution in [2.24, 2.45) is 5.41 Å². The Hall–Kier alpha value is -1.49. The molecule has 2 rings (SSSR count). The van der Waals surface area contributed by atoms with Gasteiger partial charge in [-0.15, -0.1) is 0 Å². The first-order valence-corrected chi connectivity index (χ1v) is 7.19. The lowest BCUT2D eigenvalue weighted by molar-refractivity contribution is -0.148. The standard InChI is InChI=1S/C14H19ClN2O3/c1-3-14(13(19)20)5-6-17(9-14)12(18)11-7-10(15)8-16(11)4-2/h7-8H,3-6,9H2,1-2H3,(H,19,20). The zero-order chi connectivity index (χ0) is 14.9. The SMILES string of the molecule is CCn1cc(Cl)cc1C(=O)N1CCC(CC)(C(=O)O)C1. The van der Waals surface area contributed by atoms with Crippen molar-refractivity contribution in [2.45, 2.75) is 33.2 Å². The van der Waals surface area contributed by atoms with E-state index in [0.717, 1.165) is 0 Å². The quantitative estimate of drug-likeness (QED) is 0.929. The van der Waals surface area contributed by atoms with Gasteiger partial charge >= 0.3 is 5.97 Å². The molecule has 1 aromatic heterocycles. The van der Waals surface area contributed by atoms with Crippen LogP contribution in [0, 0.1) is 5.41 Å². The molecular formula is C14H19ClN2O3. The molecule has 1 amide bonds. The first kappa shape index (κ1) is 14.9. The van der Waals surface area contributed by atoms with Crippen molar-refractivity contribution in [3.05, 3.63) is 23.0 Å². The monoisotopic (exact) mass is 298 g/mol. The van der Waals surface area contributed by atoms with Gasteiger partial charge in [0.15, 0.2) is 0 Å². The molecule has 0 aromatic carbocycles. The number of likely N-dealkylation sites (tertiary alicyclic amines) is 1. The number of amides is 1. The third-order valence-electron chi connectivity index (χ3n) is 4.19. The van der Waals surface area contributed by atoms with Gasteiger partial charge in [0, 0.05) is 25.8 Å². The number of aliphatic carboxylic acids is 1. The van der Waals surface area contributed by atoms with Crippen molar-refractivity contribution in [3.8, 4) is 0 Å². The zero-order valence-electron chi connectivity index (χ0n) is 11.7. The van der Waals surface area contributed by atoms with Gasteiger partial charge in [-0.1, -0.05) is 18.5 Å². The van der Waals surface area contributed by atoms with E-state index in [1.165, 1.54) is 0 Å². The smallest absolute Gasteiger partial charge is 0.311 e. The summed E-state index contributed by atoms with van der Waals surface area (Å²) >= 11 is 5.94. The van der Waals surface area contributed by atoms with Crippen LogP contribution in [-0.2, 0) is 11.3 Å². The first-order chi connectivity index (χ1) is 9.43. The molecule has 0 spiro atoms. The van der Waals surface area contributed by atoms with E-state index in [9.17, 15) is 14.7 Å². The fraction of sp³-hybridized carbons (Fsp3) is 0.571. The minimum absolute atomic E-state index is 0.143. The molecule has 0 aliphatic carbocycles. The Morgan fingerprint density at radius 3 is 2.65 bits per heavy atom. The van der Waals surface area contributed by atoms with E-state index in [1.807, 2.05) is 13.8 Å². The van der Waals surface area contributed by atoms with E-state index in [2.05, 4.69) is 0 Å². The van der Waals surface area contributed by atoms with Crippen LogP contribution in [0.1, 0.15) is 37.2 Å². The highest BCUT2D eigenvalue weighted by Gasteiger charge is 2.45. The van der Waals surface area contributed by atoms with E-state index in [0.29, 0.717) is 36.6 Å². The zero-order valence-corrected chi connectivity index (χ0v) is 12.5. The molecular weight excluding hydrogens is 280 g/mol. The van der Waals surface area contributed by atoms with Gasteiger partial charge in [-0.25, -0.2) is 0 Å². The molecule has 1 aromatic rings. The van der Waals surface area contributed by atoms with Crippen LogP contribution in [0.15, 0.2) is 12.3 Å². The molecule has 1 fully saturated rings. The fourth-order valence-corrected chi connectivity index (χ4v) is 2.96. The third kappa shape index (κ3) is 2.42. The van der Waals surface area contributed by atoms with Gasteiger partial charge in [-0.05, 0) is 25.8 Å². The van der Waals surface area contributed by atoms with Crippen molar-refractivity contribution in [2.75, 3.05) is 13.1 Å². The molecule has 1 unspecified atom stereocenters. The number of carbonyl (C=O) groups excluding carboxylic acids is 1. The lowest BCUT2D eigenvalue weighted by atomic mass is 9.84. The maximum absolute atomic E-state index is 12.5. The Morgan fingerprint density at radius 1 is 1.45 bits per heavy atom. The molecule has 20 heavy (non-hydrogen) atoms. The van der Waals surface area contributed by atoms with Crippen LogP contribution in [-0.4, -0.2) is 39.5 Å². The van der Waals surface area contributed by atoms with Crippen LogP contribution in [0.2, 0.25) is 5.02 Å². The summed E-state index contributed by atoms with van der Waals surface area (Å²) in [6.07, 6.45) is 2.75. The lowest BCUT2D eigenvalue weighted by Crippen LogP contribution is -2.37. The summed E-state index contributed by atoms with van der Waals surface area (Å²) < 4.78 is 1.79. The molecule has 0 bridgehead atoms. The third-order valence-corrected chi connectivity index (χ3v) is 4.40. The van der Waals surface area contributed by atoms with Crippen LogP contribution in [0.5, 0.6) is 0 Å². The molecule has 0 radical (unpaired) electrons. The van der Waals surface area contributed by atoms with Gasteiger partial charge in [0.05, 0.1) is 10.4 Å². The molecule has 1 N–H and O–H groups in total. The van der Waals surface area contributed by atoms with Gasteiger partial charge < -0.3 is 14.6 Å². The maximum atomic E-state index is 12.5. The summed E-state index contributed by atoms with van der Waals surface area (Å²) in [5, 5.41) is 9.90. The van der Waals surface area contributed by atoms with Gasteiger partial charge in [0.25, 0.3) is 5.91 Å². The highest BCUT2D eigenvalue weighted by Crippen LogP contribution is 2.35. The van der Waals surface area contributed by atoms with Crippen molar-refractivity contribution < 1.29 is 14.7 Å². The predicted octanol–water partition coefficient (Wildman–Crippen LogP) is 2.49. The number of aromatic nitrogens is 1. The number of rotatable bonds is 4. The second kappa shape index (κ2) is 5.48. The molecule has 1 aliphatic heterocycles. The fourth-order valence-electron chi connectivity index (χ4n) is 2.74. The number of carbonyl (C=O) groups is 2. The highest BCUT2D eigenvalue weighted by atomic mass is 35.5. The molecule has 1 saturated heterocycles. The molecule has 0 saturated carbocycles. The Balaban J connectivity index is 2.21. The minimum Gasteiger partial charge on any atom is -0.481 e. The maximum Gasteiger partial charge on any atom is 0.311 e. The summed E-state index contributed by atoms with van der Waals surface area (Å²) in [7, 11) is 0. The Bertz CT molecular complexity index is 541. The second-order valence-electron chi connectivity index (χ2n) is 5.25. The first-order valence-electron chi connectivity index (χ1n) is 6.82.